The quantitative estimate of drug-likeness (QED) is 0.619. The maximum Gasteiger partial charge on any atom is 0.282 e. The van der Waals surface area contributed by atoms with Gasteiger partial charge in [-0.05, 0) is 61.0 Å². The number of benzene rings is 3. The lowest BCUT2D eigenvalue weighted by atomic mass is 10.0. The molecule has 6 heteroatoms. The summed E-state index contributed by atoms with van der Waals surface area (Å²) in [4.78, 5) is 29.7. The molecule has 3 aromatic carbocycles. The minimum Gasteiger partial charge on any atom is -0.378 e. The lowest BCUT2D eigenvalue weighted by Gasteiger charge is -2.16. The van der Waals surface area contributed by atoms with Crippen LogP contribution in [0.2, 0.25) is 0 Å². The average molecular weight is 415 g/mol. The molecule has 0 aliphatic carbocycles. The molecule has 1 N–H and O–H groups in total. The van der Waals surface area contributed by atoms with Crippen LogP contribution in [0.5, 0.6) is 0 Å². The third-order valence-electron chi connectivity index (χ3n) is 5.16. The molecule has 0 aromatic heterocycles. The maximum absolute atomic E-state index is 13.4. The molecule has 4 rings (SSSR count). The Morgan fingerprint density at radius 3 is 2.00 bits per heavy atom. The summed E-state index contributed by atoms with van der Waals surface area (Å²) in [6.07, 6.45) is 0. The molecule has 3 aromatic rings. The molecule has 1 heterocycles. The Hall–Kier alpha value is -3.93. The van der Waals surface area contributed by atoms with E-state index in [0.717, 1.165) is 16.2 Å². The minimum absolute atomic E-state index is 0.191. The van der Waals surface area contributed by atoms with Gasteiger partial charge in [0.15, 0.2) is 0 Å². The number of aryl methyl sites for hydroxylation is 1. The molecule has 156 valence electrons. The zero-order valence-corrected chi connectivity index (χ0v) is 17.5. The number of hydrogen-bond donors (Lipinski definition) is 1. The standard InChI is InChI=1S/C25H22FN3O2/c1-16-4-6-17(7-5-16)22-23(27-19-10-14-20(15-11-19)28(2)3)25(31)29(24(22)30)21-12-8-18(26)9-13-21/h4-15,27H,1-3H3. The highest BCUT2D eigenvalue weighted by molar-refractivity contribution is 6.46. The van der Waals surface area contributed by atoms with Crippen LogP contribution < -0.4 is 15.1 Å². The fraction of sp³-hybridized carbons (Fsp3) is 0.120. The summed E-state index contributed by atoms with van der Waals surface area (Å²) in [6, 6.07) is 20.3. The molecule has 0 unspecified atom stereocenters. The lowest BCUT2D eigenvalue weighted by molar-refractivity contribution is -0.120. The molecule has 0 radical (unpaired) electrons. The Balaban J connectivity index is 1.77. The highest BCUT2D eigenvalue weighted by Gasteiger charge is 2.40. The van der Waals surface area contributed by atoms with Crippen molar-refractivity contribution in [2.24, 2.45) is 0 Å². The highest BCUT2D eigenvalue weighted by Crippen LogP contribution is 2.34. The molecular weight excluding hydrogens is 393 g/mol. The van der Waals surface area contributed by atoms with Crippen molar-refractivity contribution in [3.05, 3.63) is 95.4 Å². The number of halogens is 1. The lowest BCUT2D eigenvalue weighted by Crippen LogP contribution is -2.32. The first-order chi connectivity index (χ1) is 14.8. The SMILES string of the molecule is Cc1ccc(C2=C(Nc3ccc(N(C)C)cc3)C(=O)N(c3ccc(F)cc3)C2=O)cc1. The molecule has 1 aliphatic rings. The van der Waals surface area contributed by atoms with Gasteiger partial charge in [0, 0.05) is 25.5 Å². The number of carbonyl (C=O) groups excluding carboxylic acids is 2. The second-order valence-electron chi connectivity index (χ2n) is 7.60. The first kappa shape index (κ1) is 20.3. The number of rotatable bonds is 5. The molecule has 1 aliphatic heterocycles. The summed E-state index contributed by atoms with van der Waals surface area (Å²) in [7, 11) is 3.89. The molecule has 0 atom stereocenters. The summed E-state index contributed by atoms with van der Waals surface area (Å²) in [5.74, 6) is -1.37. The number of hydrogen-bond acceptors (Lipinski definition) is 4. The van der Waals surface area contributed by atoms with Crippen molar-refractivity contribution in [2.45, 2.75) is 6.92 Å². The minimum atomic E-state index is -0.483. The second-order valence-corrected chi connectivity index (χ2v) is 7.60. The van der Waals surface area contributed by atoms with E-state index in [4.69, 9.17) is 0 Å². The number of nitrogens with zero attached hydrogens (tertiary/aromatic N) is 2. The molecule has 0 spiro atoms. The normalized spacial score (nSPS) is 13.7. The topological polar surface area (TPSA) is 52.7 Å². The first-order valence-electron chi connectivity index (χ1n) is 9.85. The van der Waals surface area contributed by atoms with E-state index >= 15 is 0 Å². The van der Waals surface area contributed by atoms with Crippen molar-refractivity contribution in [3.8, 4) is 0 Å². The Bertz CT molecular complexity index is 1160. The summed E-state index contributed by atoms with van der Waals surface area (Å²) in [6.45, 7) is 1.95. The summed E-state index contributed by atoms with van der Waals surface area (Å²) < 4.78 is 13.4. The Labute approximate surface area is 180 Å². The Kier molecular flexibility index (Phi) is 5.29. The summed E-state index contributed by atoms with van der Waals surface area (Å²) >= 11 is 0. The van der Waals surface area contributed by atoms with Crippen molar-refractivity contribution in [1.82, 2.24) is 0 Å². The van der Waals surface area contributed by atoms with E-state index in [-0.39, 0.29) is 11.3 Å². The van der Waals surface area contributed by atoms with Gasteiger partial charge in [0.25, 0.3) is 11.8 Å². The number of carbonyl (C=O) groups is 2. The second kappa shape index (κ2) is 8.07. The molecule has 0 saturated heterocycles. The van der Waals surface area contributed by atoms with E-state index in [1.807, 2.05) is 74.4 Å². The molecular formula is C25H22FN3O2. The van der Waals surface area contributed by atoms with E-state index in [0.29, 0.717) is 16.9 Å². The molecule has 0 fully saturated rings. The van der Waals surface area contributed by atoms with E-state index < -0.39 is 17.6 Å². The van der Waals surface area contributed by atoms with Gasteiger partial charge < -0.3 is 10.2 Å². The van der Waals surface area contributed by atoms with Gasteiger partial charge in [-0.25, -0.2) is 9.29 Å². The third kappa shape index (κ3) is 3.92. The number of anilines is 3. The van der Waals surface area contributed by atoms with E-state index in [2.05, 4.69) is 5.32 Å². The van der Waals surface area contributed by atoms with Crippen molar-refractivity contribution in [1.29, 1.82) is 0 Å². The van der Waals surface area contributed by atoms with Gasteiger partial charge in [0.1, 0.15) is 11.5 Å². The summed E-state index contributed by atoms with van der Waals surface area (Å²) in [5, 5.41) is 3.14. The van der Waals surface area contributed by atoms with Crippen molar-refractivity contribution >= 4 is 34.4 Å². The molecule has 31 heavy (non-hydrogen) atoms. The zero-order chi connectivity index (χ0) is 22.1. The molecule has 0 bridgehead atoms. The van der Waals surface area contributed by atoms with Gasteiger partial charge in [0.2, 0.25) is 0 Å². The van der Waals surface area contributed by atoms with E-state index in [9.17, 15) is 14.0 Å². The van der Waals surface area contributed by atoms with Crippen LogP contribution in [0.1, 0.15) is 11.1 Å². The van der Waals surface area contributed by atoms with Gasteiger partial charge in [-0.15, -0.1) is 0 Å². The predicted octanol–water partition coefficient (Wildman–Crippen LogP) is 4.60. The van der Waals surface area contributed by atoms with Crippen LogP contribution in [0, 0.1) is 12.7 Å². The largest absolute Gasteiger partial charge is 0.378 e. The first-order valence-corrected chi connectivity index (χ1v) is 9.85. The van der Waals surface area contributed by atoms with Crippen molar-refractivity contribution < 1.29 is 14.0 Å². The van der Waals surface area contributed by atoms with Gasteiger partial charge in [-0.2, -0.15) is 0 Å². The molecule has 5 nitrogen and oxygen atoms in total. The van der Waals surface area contributed by atoms with Gasteiger partial charge >= 0.3 is 0 Å². The summed E-state index contributed by atoms with van der Waals surface area (Å²) in [5.41, 5.74) is 4.18. The predicted molar refractivity (Wildman–Crippen MR) is 121 cm³/mol. The van der Waals surface area contributed by atoms with Crippen LogP contribution in [0.25, 0.3) is 5.57 Å². The van der Waals surface area contributed by atoms with Crippen LogP contribution in [0.3, 0.4) is 0 Å². The van der Waals surface area contributed by atoms with Gasteiger partial charge in [-0.1, -0.05) is 29.8 Å². The monoisotopic (exact) mass is 415 g/mol. The van der Waals surface area contributed by atoms with Gasteiger partial charge in [-0.3, -0.25) is 9.59 Å². The van der Waals surface area contributed by atoms with Crippen LogP contribution in [-0.4, -0.2) is 25.9 Å². The number of amides is 2. The van der Waals surface area contributed by atoms with Crippen LogP contribution in [0.4, 0.5) is 21.5 Å². The maximum atomic E-state index is 13.4. The number of nitrogens with one attached hydrogen (secondary N) is 1. The molecule has 0 saturated carbocycles. The highest BCUT2D eigenvalue weighted by atomic mass is 19.1. The zero-order valence-electron chi connectivity index (χ0n) is 17.5. The van der Waals surface area contributed by atoms with E-state index in [1.54, 1.807) is 0 Å². The van der Waals surface area contributed by atoms with Crippen LogP contribution in [0.15, 0.2) is 78.5 Å². The smallest absolute Gasteiger partial charge is 0.282 e. The van der Waals surface area contributed by atoms with Crippen molar-refractivity contribution in [2.75, 3.05) is 29.2 Å². The molecule has 2 amide bonds. The fourth-order valence-corrected chi connectivity index (χ4v) is 3.45. The Morgan fingerprint density at radius 1 is 0.806 bits per heavy atom. The van der Waals surface area contributed by atoms with Crippen LogP contribution >= 0.6 is 0 Å². The average Bonchev–Trinajstić information content (AvgIpc) is 2.99. The Morgan fingerprint density at radius 2 is 1.42 bits per heavy atom. The number of imide groups is 1. The van der Waals surface area contributed by atoms with Gasteiger partial charge in [0.05, 0.1) is 11.3 Å². The van der Waals surface area contributed by atoms with E-state index in [1.165, 1.54) is 24.3 Å². The van der Waals surface area contributed by atoms with Crippen LogP contribution in [-0.2, 0) is 9.59 Å². The fourth-order valence-electron chi connectivity index (χ4n) is 3.45. The third-order valence-corrected chi connectivity index (χ3v) is 5.16. The van der Waals surface area contributed by atoms with Crippen molar-refractivity contribution in [3.63, 3.8) is 0 Å².